The van der Waals surface area contributed by atoms with Crippen molar-refractivity contribution in [2.24, 2.45) is 4.99 Å². The molecule has 1 N–H and O–H groups in total. The minimum atomic E-state index is -0.286. The highest BCUT2D eigenvalue weighted by Gasteiger charge is 2.34. The first kappa shape index (κ1) is 23.3. The number of amides is 2. The topological polar surface area (TPSA) is 102 Å². The lowest BCUT2D eigenvalue weighted by Gasteiger charge is -2.21. The maximum Gasteiger partial charge on any atom is 0.261 e. The van der Waals surface area contributed by atoms with Gasteiger partial charge in [-0.3, -0.25) is 14.5 Å². The highest BCUT2D eigenvalue weighted by atomic mass is 16.5. The Morgan fingerprint density at radius 1 is 0.972 bits per heavy atom. The monoisotopic (exact) mass is 486 g/mol. The Kier molecular flexibility index (Phi) is 6.05. The highest BCUT2D eigenvalue weighted by Crippen LogP contribution is 2.34. The number of pyridine rings is 1. The van der Waals surface area contributed by atoms with E-state index in [1.54, 1.807) is 44.6 Å². The van der Waals surface area contributed by atoms with Gasteiger partial charge in [-0.15, -0.1) is 0 Å². The summed E-state index contributed by atoms with van der Waals surface area (Å²) in [7, 11) is 3.16. The molecule has 2 aliphatic rings. The third-order valence-corrected chi connectivity index (χ3v) is 6.29. The van der Waals surface area contributed by atoms with Crippen LogP contribution in [0.25, 0.3) is 0 Å². The van der Waals surface area contributed by atoms with Crippen LogP contribution in [0.5, 0.6) is 17.4 Å². The van der Waals surface area contributed by atoms with E-state index in [2.05, 4.69) is 10.3 Å². The first-order chi connectivity index (χ1) is 17.4. The second-order valence-electron chi connectivity index (χ2n) is 8.58. The predicted octanol–water partition coefficient (Wildman–Crippen LogP) is 3.57. The van der Waals surface area contributed by atoms with Gasteiger partial charge in [0.1, 0.15) is 23.9 Å². The van der Waals surface area contributed by atoms with Crippen molar-refractivity contribution in [1.29, 1.82) is 0 Å². The van der Waals surface area contributed by atoms with E-state index in [1.165, 1.54) is 4.90 Å². The molecule has 0 radical (unpaired) electrons. The summed E-state index contributed by atoms with van der Waals surface area (Å²) < 4.78 is 16.8. The molecule has 0 unspecified atom stereocenters. The number of aromatic nitrogens is 1. The van der Waals surface area contributed by atoms with Crippen LogP contribution >= 0.6 is 0 Å². The average molecular weight is 487 g/mol. The van der Waals surface area contributed by atoms with Crippen molar-refractivity contribution in [1.82, 2.24) is 15.2 Å². The number of imide groups is 1. The van der Waals surface area contributed by atoms with E-state index in [9.17, 15) is 9.59 Å². The number of amidine groups is 1. The Hall–Kier alpha value is -4.40. The zero-order valence-corrected chi connectivity index (χ0v) is 20.5. The number of rotatable bonds is 7. The Balaban J connectivity index is 1.32. The van der Waals surface area contributed by atoms with Crippen molar-refractivity contribution in [2.45, 2.75) is 20.4 Å². The Labute approximate surface area is 208 Å². The van der Waals surface area contributed by atoms with Crippen molar-refractivity contribution < 1.29 is 23.8 Å². The predicted molar refractivity (Wildman–Crippen MR) is 134 cm³/mol. The molecule has 2 aromatic carbocycles. The second-order valence-corrected chi connectivity index (χ2v) is 8.58. The summed E-state index contributed by atoms with van der Waals surface area (Å²) in [6.07, 6.45) is 0. The van der Waals surface area contributed by atoms with Crippen LogP contribution in [0.2, 0.25) is 0 Å². The van der Waals surface area contributed by atoms with Crippen LogP contribution in [0.3, 0.4) is 0 Å². The SMILES string of the molecule is COc1cc(OC)c2c(n1)N=C(c1cc(C)c(OCCN3C(=O)c4ccccc4C3=O)c(C)c1)NC2. The molecule has 2 amide bonds. The number of hydrogen-bond donors (Lipinski definition) is 1. The lowest BCUT2D eigenvalue weighted by atomic mass is 10.0. The number of fused-ring (bicyclic) bond motifs is 2. The molecule has 0 bridgehead atoms. The number of hydrogen-bond acceptors (Lipinski definition) is 8. The molecule has 1 aromatic heterocycles. The summed E-state index contributed by atoms with van der Waals surface area (Å²) >= 11 is 0. The van der Waals surface area contributed by atoms with Gasteiger partial charge in [-0.25, -0.2) is 4.99 Å². The van der Waals surface area contributed by atoms with Crippen LogP contribution in [0.1, 0.15) is 43.0 Å². The molecule has 3 aromatic rings. The fourth-order valence-corrected chi connectivity index (χ4v) is 4.54. The number of benzene rings is 2. The maximum atomic E-state index is 12.6. The van der Waals surface area contributed by atoms with Gasteiger partial charge in [-0.2, -0.15) is 4.98 Å². The quantitative estimate of drug-likeness (QED) is 0.510. The summed E-state index contributed by atoms with van der Waals surface area (Å²) in [5, 5.41) is 3.34. The van der Waals surface area contributed by atoms with Gasteiger partial charge in [-0.1, -0.05) is 12.1 Å². The van der Waals surface area contributed by atoms with E-state index in [0.29, 0.717) is 46.7 Å². The van der Waals surface area contributed by atoms with Crippen LogP contribution < -0.4 is 19.5 Å². The molecule has 0 fully saturated rings. The molecule has 0 saturated carbocycles. The van der Waals surface area contributed by atoms with Gasteiger partial charge in [0.15, 0.2) is 5.82 Å². The molecule has 0 atom stereocenters. The first-order valence-corrected chi connectivity index (χ1v) is 11.6. The van der Waals surface area contributed by atoms with E-state index in [0.717, 1.165) is 22.3 Å². The van der Waals surface area contributed by atoms with Crippen molar-refractivity contribution in [3.05, 3.63) is 75.8 Å². The zero-order chi connectivity index (χ0) is 25.4. The number of carbonyl (C=O) groups excluding carboxylic acids is 2. The number of aryl methyl sites for hydroxylation is 2. The van der Waals surface area contributed by atoms with E-state index in [4.69, 9.17) is 19.2 Å². The highest BCUT2D eigenvalue weighted by molar-refractivity contribution is 6.21. The third kappa shape index (κ3) is 4.02. The van der Waals surface area contributed by atoms with Gasteiger partial charge < -0.3 is 19.5 Å². The van der Waals surface area contributed by atoms with Gasteiger partial charge in [0.05, 0.1) is 37.5 Å². The third-order valence-electron chi connectivity index (χ3n) is 6.29. The number of nitrogens with one attached hydrogen (secondary N) is 1. The van der Waals surface area contributed by atoms with Gasteiger partial charge in [0.2, 0.25) is 5.88 Å². The van der Waals surface area contributed by atoms with Crippen LogP contribution in [-0.4, -0.2) is 54.9 Å². The molecule has 36 heavy (non-hydrogen) atoms. The smallest absolute Gasteiger partial charge is 0.261 e. The van der Waals surface area contributed by atoms with Crippen molar-refractivity contribution >= 4 is 23.5 Å². The van der Waals surface area contributed by atoms with Gasteiger partial charge in [0.25, 0.3) is 11.8 Å². The molecule has 9 heteroatoms. The van der Waals surface area contributed by atoms with Crippen LogP contribution in [-0.2, 0) is 6.54 Å². The number of nitrogens with zero attached hydrogens (tertiary/aromatic N) is 3. The van der Waals surface area contributed by atoms with Gasteiger partial charge >= 0.3 is 0 Å². The zero-order valence-electron chi connectivity index (χ0n) is 20.5. The molecule has 9 nitrogen and oxygen atoms in total. The lowest BCUT2D eigenvalue weighted by molar-refractivity contribution is 0.0631. The molecule has 0 saturated heterocycles. The van der Waals surface area contributed by atoms with Crippen molar-refractivity contribution in [2.75, 3.05) is 27.4 Å². The average Bonchev–Trinajstić information content (AvgIpc) is 3.13. The standard InChI is InChI=1S/C27H26N4O5/c1-15-11-17(24-28-14-20-21(34-3)13-22(35-4)29-25(20)30-24)12-16(2)23(15)36-10-9-31-26(32)18-7-5-6-8-19(18)27(31)33/h5-8,11-13H,9-10,14H2,1-4H3,(H,28,29,30). The normalized spacial score (nSPS) is 14.1. The van der Waals surface area contributed by atoms with Gasteiger partial charge in [-0.05, 0) is 49.2 Å². The lowest BCUT2D eigenvalue weighted by Crippen LogP contribution is -2.33. The maximum absolute atomic E-state index is 12.6. The summed E-state index contributed by atoms with van der Waals surface area (Å²) in [5.41, 5.74) is 4.46. The Morgan fingerprint density at radius 2 is 1.64 bits per heavy atom. The first-order valence-electron chi connectivity index (χ1n) is 11.6. The Morgan fingerprint density at radius 3 is 2.25 bits per heavy atom. The van der Waals surface area contributed by atoms with Crippen LogP contribution in [0.15, 0.2) is 47.5 Å². The minimum Gasteiger partial charge on any atom is -0.496 e. The molecule has 2 aliphatic heterocycles. The van der Waals surface area contributed by atoms with Crippen LogP contribution in [0, 0.1) is 13.8 Å². The van der Waals surface area contributed by atoms with E-state index in [-0.39, 0.29) is 25.0 Å². The van der Waals surface area contributed by atoms with E-state index < -0.39 is 0 Å². The molecule has 0 spiro atoms. The van der Waals surface area contributed by atoms with E-state index in [1.807, 2.05) is 26.0 Å². The number of methoxy groups -OCH3 is 2. The van der Waals surface area contributed by atoms with Crippen LogP contribution in [0.4, 0.5) is 5.82 Å². The summed E-state index contributed by atoms with van der Waals surface area (Å²) in [4.78, 5) is 35.6. The largest absolute Gasteiger partial charge is 0.496 e. The Bertz CT molecular complexity index is 1360. The van der Waals surface area contributed by atoms with Crippen molar-refractivity contribution in [3.63, 3.8) is 0 Å². The minimum absolute atomic E-state index is 0.174. The number of carbonyl (C=O) groups is 2. The molecule has 5 rings (SSSR count). The fraction of sp³-hybridized carbons (Fsp3) is 0.259. The fourth-order valence-electron chi connectivity index (χ4n) is 4.54. The van der Waals surface area contributed by atoms with Gasteiger partial charge in [0, 0.05) is 18.2 Å². The van der Waals surface area contributed by atoms with E-state index >= 15 is 0 Å². The summed E-state index contributed by atoms with van der Waals surface area (Å²) in [5.74, 6) is 2.49. The summed E-state index contributed by atoms with van der Waals surface area (Å²) in [6, 6.07) is 12.6. The number of ether oxygens (including phenoxy) is 3. The molecule has 184 valence electrons. The molecular formula is C27H26N4O5. The van der Waals surface area contributed by atoms with Crippen molar-refractivity contribution in [3.8, 4) is 17.4 Å². The molecule has 0 aliphatic carbocycles. The molecule has 3 heterocycles. The number of aliphatic imine (C=N–C) groups is 1. The molecular weight excluding hydrogens is 460 g/mol. The second kappa shape index (κ2) is 9.33. The summed E-state index contributed by atoms with van der Waals surface area (Å²) in [6.45, 7) is 4.80.